The van der Waals surface area contributed by atoms with Crippen molar-refractivity contribution in [3.05, 3.63) is 76.4 Å². The fraction of sp³-hybridized carbons (Fsp3) is 0.321. The molecule has 3 heterocycles. The Morgan fingerprint density at radius 3 is 2.67 bits per heavy atom. The van der Waals surface area contributed by atoms with Gasteiger partial charge in [0.1, 0.15) is 23.2 Å². The van der Waals surface area contributed by atoms with Crippen molar-refractivity contribution >= 4 is 39.1 Å². The van der Waals surface area contributed by atoms with Crippen molar-refractivity contribution in [2.45, 2.75) is 38.0 Å². The van der Waals surface area contributed by atoms with Crippen LogP contribution in [-0.4, -0.2) is 53.4 Å². The molecule has 9 nitrogen and oxygen atoms in total. The number of piperidine rings is 1. The Hall–Kier alpha value is -3.90. The monoisotopic (exact) mass is 569 g/mol. The van der Waals surface area contributed by atoms with E-state index in [1.807, 2.05) is 25.1 Å². The van der Waals surface area contributed by atoms with Gasteiger partial charge in [-0.3, -0.25) is 4.79 Å². The molecule has 2 N–H and O–H groups in total. The maximum absolute atomic E-state index is 14.0. The third kappa shape index (κ3) is 5.82. The van der Waals surface area contributed by atoms with Crippen LogP contribution in [0.4, 0.5) is 8.78 Å². The number of hydrogen-bond acceptors (Lipinski definition) is 6. The lowest BCUT2D eigenvalue weighted by molar-refractivity contribution is -0.126. The Balaban J connectivity index is 1.18. The van der Waals surface area contributed by atoms with E-state index in [2.05, 4.69) is 20.4 Å². The van der Waals surface area contributed by atoms with Crippen LogP contribution in [0.5, 0.6) is 0 Å². The van der Waals surface area contributed by atoms with Crippen LogP contribution in [0, 0.1) is 31.4 Å². The normalized spacial score (nSPS) is 15.3. The summed E-state index contributed by atoms with van der Waals surface area (Å²) in [5, 5.41) is 6.73. The number of fused-ring (bicyclic) bond motifs is 1. The highest BCUT2D eigenvalue weighted by molar-refractivity contribution is 7.89. The molecule has 0 bridgehead atoms. The van der Waals surface area contributed by atoms with Gasteiger partial charge in [0, 0.05) is 43.6 Å². The van der Waals surface area contributed by atoms with Crippen LogP contribution in [0.25, 0.3) is 23.2 Å². The summed E-state index contributed by atoms with van der Waals surface area (Å²) in [6.45, 7) is 4.25. The molecule has 1 aliphatic heterocycles. The molecule has 1 aliphatic rings. The number of aromatic amines is 1. The van der Waals surface area contributed by atoms with Gasteiger partial charge in [0.05, 0.1) is 11.0 Å². The van der Waals surface area contributed by atoms with Crippen molar-refractivity contribution in [1.29, 1.82) is 0 Å². The third-order valence-corrected chi connectivity index (χ3v) is 9.04. The van der Waals surface area contributed by atoms with Gasteiger partial charge in [-0.2, -0.15) is 4.31 Å². The number of sulfonamides is 1. The average molecular weight is 570 g/mol. The molecule has 1 saturated heterocycles. The van der Waals surface area contributed by atoms with Gasteiger partial charge in [-0.15, -0.1) is 0 Å². The van der Waals surface area contributed by atoms with E-state index in [0.717, 1.165) is 34.6 Å². The number of aromatic nitrogens is 3. The molecule has 0 spiro atoms. The number of H-pyrrole nitrogens is 1. The Morgan fingerprint density at radius 2 is 1.93 bits per heavy atom. The minimum atomic E-state index is -3.99. The number of nitrogens with zero attached hydrogens (tertiary/aromatic N) is 3. The van der Waals surface area contributed by atoms with Crippen molar-refractivity contribution in [2.75, 3.05) is 19.6 Å². The second-order valence-electron chi connectivity index (χ2n) is 9.88. The number of nitrogens with one attached hydrogen (secondary N) is 2. The summed E-state index contributed by atoms with van der Waals surface area (Å²) in [5.74, 6) is -1.19. The first kappa shape index (κ1) is 27.7. The lowest BCUT2D eigenvalue weighted by atomic mass is 9.97. The van der Waals surface area contributed by atoms with E-state index in [0.29, 0.717) is 25.8 Å². The van der Waals surface area contributed by atoms with Crippen LogP contribution in [0.15, 0.2) is 45.8 Å². The van der Waals surface area contributed by atoms with E-state index in [1.165, 1.54) is 29.4 Å². The molecule has 5 rings (SSSR count). The molecule has 0 saturated carbocycles. The Bertz CT molecular complexity index is 1690. The van der Waals surface area contributed by atoms with Crippen LogP contribution in [0.3, 0.4) is 0 Å². The zero-order chi connectivity index (χ0) is 28.4. The van der Waals surface area contributed by atoms with E-state index in [1.54, 1.807) is 0 Å². The highest BCUT2D eigenvalue weighted by Gasteiger charge is 2.35. The van der Waals surface area contributed by atoms with E-state index in [4.69, 9.17) is 4.52 Å². The van der Waals surface area contributed by atoms with E-state index in [9.17, 15) is 22.0 Å². The largest absolute Gasteiger partial charge is 0.355 e. The van der Waals surface area contributed by atoms with Crippen LogP contribution >= 0.6 is 0 Å². The summed E-state index contributed by atoms with van der Waals surface area (Å²) in [6.07, 6.45) is 3.89. The summed E-state index contributed by atoms with van der Waals surface area (Å²) in [5.41, 5.74) is 3.21. The zero-order valence-electron chi connectivity index (χ0n) is 22.1. The average Bonchev–Trinajstić information content (AvgIpc) is 3.50. The number of rotatable bonds is 8. The molecule has 0 atom stereocenters. The van der Waals surface area contributed by atoms with Crippen LogP contribution in [0.2, 0.25) is 0 Å². The topological polar surface area (TPSA) is 121 Å². The van der Waals surface area contributed by atoms with Crippen molar-refractivity contribution in [3.8, 4) is 0 Å². The van der Waals surface area contributed by atoms with Crippen molar-refractivity contribution < 1.29 is 26.5 Å². The lowest BCUT2D eigenvalue weighted by Crippen LogP contribution is -2.43. The molecule has 210 valence electrons. The van der Waals surface area contributed by atoms with Crippen molar-refractivity contribution in [1.82, 2.24) is 24.7 Å². The molecule has 4 aromatic rings. The van der Waals surface area contributed by atoms with E-state index in [-0.39, 0.29) is 46.8 Å². The van der Waals surface area contributed by atoms with Gasteiger partial charge in [-0.25, -0.2) is 22.2 Å². The van der Waals surface area contributed by atoms with E-state index < -0.39 is 21.7 Å². The number of aryl methyl sites for hydroxylation is 2. The predicted molar refractivity (Wildman–Crippen MR) is 146 cm³/mol. The Kier molecular flexibility index (Phi) is 7.81. The standard InChI is InChI=1S/C28H29F2N5O4S/c1-17-3-7-23-24(15-17)33-26(32-23)9-12-31-28(36)20-10-13-35(14-11-20)40(37,38)27-18(2)34-39-25(27)8-5-19-4-6-21(29)16-22(19)30/h3-8,15-16,20H,9-14H2,1-2H3,(H,31,36)(H,32,33). The molecule has 1 amide bonds. The van der Waals surface area contributed by atoms with Gasteiger partial charge in [0.2, 0.25) is 15.9 Å². The minimum absolute atomic E-state index is 0.0539. The quantitative estimate of drug-likeness (QED) is 0.325. The van der Waals surface area contributed by atoms with E-state index >= 15 is 0 Å². The first-order valence-electron chi connectivity index (χ1n) is 12.9. The van der Waals surface area contributed by atoms with Gasteiger partial charge in [-0.1, -0.05) is 11.2 Å². The molecular formula is C28H29F2N5O4S. The Morgan fingerprint density at radius 1 is 1.15 bits per heavy atom. The predicted octanol–water partition coefficient (Wildman–Crippen LogP) is 4.38. The molecule has 2 aromatic heterocycles. The number of imidazole rings is 1. The van der Waals surface area contributed by atoms with Crippen molar-refractivity contribution in [3.63, 3.8) is 0 Å². The number of halogens is 2. The van der Waals surface area contributed by atoms with Gasteiger partial charge in [0.25, 0.3) is 0 Å². The summed E-state index contributed by atoms with van der Waals surface area (Å²) in [6, 6.07) is 9.06. The summed E-state index contributed by atoms with van der Waals surface area (Å²) in [7, 11) is -3.99. The smallest absolute Gasteiger partial charge is 0.248 e. The second kappa shape index (κ2) is 11.3. The zero-order valence-corrected chi connectivity index (χ0v) is 22.9. The third-order valence-electron chi connectivity index (χ3n) is 6.98. The first-order valence-corrected chi connectivity index (χ1v) is 14.4. The number of carbonyl (C=O) groups excluding carboxylic acids is 1. The number of benzene rings is 2. The number of amides is 1. The number of hydrogen-bond donors (Lipinski definition) is 2. The molecule has 12 heteroatoms. The molecule has 0 unspecified atom stereocenters. The second-order valence-corrected chi connectivity index (χ2v) is 11.8. The molecule has 0 radical (unpaired) electrons. The SMILES string of the molecule is Cc1ccc2nc(CCNC(=O)C3CCN(S(=O)(=O)c4c(C)noc4C=Cc4ccc(F)cc4F)CC3)[nH]c2c1. The summed E-state index contributed by atoms with van der Waals surface area (Å²) >= 11 is 0. The van der Waals surface area contributed by atoms with Gasteiger partial charge >= 0.3 is 0 Å². The first-order chi connectivity index (χ1) is 19.1. The summed E-state index contributed by atoms with van der Waals surface area (Å²) < 4.78 is 60.7. The molecule has 40 heavy (non-hydrogen) atoms. The molecule has 1 fully saturated rings. The maximum atomic E-state index is 14.0. The highest BCUT2D eigenvalue weighted by Crippen LogP contribution is 2.29. The fourth-order valence-electron chi connectivity index (χ4n) is 4.83. The molecule has 2 aromatic carbocycles. The lowest BCUT2D eigenvalue weighted by Gasteiger charge is -2.30. The van der Waals surface area contributed by atoms with Gasteiger partial charge in [0.15, 0.2) is 10.7 Å². The Labute approximate surface area is 230 Å². The molecule has 0 aliphatic carbocycles. The highest BCUT2D eigenvalue weighted by atomic mass is 32.2. The van der Waals surface area contributed by atoms with Crippen LogP contribution < -0.4 is 5.32 Å². The van der Waals surface area contributed by atoms with Gasteiger partial charge in [-0.05, 0) is 68.7 Å². The summed E-state index contributed by atoms with van der Waals surface area (Å²) in [4.78, 5) is 20.5. The van der Waals surface area contributed by atoms with Crippen molar-refractivity contribution in [2.24, 2.45) is 5.92 Å². The maximum Gasteiger partial charge on any atom is 0.248 e. The minimum Gasteiger partial charge on any atom is -0.355 e. The van der Waals surface area contributed by atoms with Crippen LogP contribution in [0.1, 0.15) is 41.2 Å². The fourth-order valence-corrected chi connectivity index (χ4v) is 6.55. The molecular weight excluding hydrogens is 540 g/mol. The van der Waals surface area contributed by atoms with Gasteiger partial charge < -0.3 is 14.8 Å². The van der Waals surface area contributed by atoms with Crippen LogP contribution in [-0.2, 0) is 21.2 Å². The number of carbonyl (C=O) groups is 1.